The lowest BCUT2D eigenvalue weighted by Crippen LogP contribution is -2.38. The molecule has 3 aromatic rings. The van der Waals surface area contributed by atoms with Crippen LogP contribution in [0, 0.1) is 0 Å². The molecule has 0 saturated carbocycles. The molecule has 168 valence electrons. The zero-order valence-electron chi connectivity index (χ0n) is 18.9. The number of carbonyl (C=O) groups is 2. The van der Waals surface area contributed by atoms with E-state index in [1.807, 2.05) is 43.9 Å². The van der Waals surface area contributed by atoms with Gasteiger partial charge in [-0.15, -0.1) is 0 Å². The molecule has 7 nitrogen and oxygen atoms in total. The number of nitrogens with one attached hydrogen (secondary N) is 2. The molecule has 0 radical (unpaired) electrons. The van der Waals surface area contributed by atoms with Gasteiger partial charge >= 0.3 is 6.09 Å². The van der Waals surface area contributed by atoms with E-state index in [1.165, 1.54) is 10.9 Å². The van der Waals surface area contributed by atoms with Crippen molar-refractivity contribution in [2.75, 3.05) is 18.4 Å². The molecule has 7 heteroatoms. The van der Waals surface area contributed by atoms with Crippen LogP contribution in [0.4, 0.5) is 10.5 Å². The number of piperidine rings is 1. The number of anilines is 1. The summed E-state index contributed by atoms with van der Waals surface area (Å²) < 4.78 is 5.26. The van der Waals surface area contributed by atoms with Gasteiger partial charge in [0.2, 0.25) is 5.91 Å². The van der Waals surface area contributed by atoms with Crippen LogP contribution in [0.2, 0.25) is 0 Å². The molecule has 0 spiro atoms. The van der Waals surface area contributed by atoms with Crippen molar-refractivity contribution in [3.05, 3.63) is 59.9 Å². The average molecular weight is 435 g/mol. The van der Waals surface area contributed by atoms with E-state index in [2.05, 4.69) is 27.5 Å². The van der Waals surface area contributed by atoms with Gasteiger partial charge in [-0.1, -0.05) is 12.1 Å². The molecule has 0 atom stereocenters. The molecule has 2 aromatic heterocycles. The van der Waals surface area contributed by atoms with Crippen LogP contribution >= 0.6 is 0 Å². The number of H-pyrrole nitrogens is 1. The molecule has 4 rings (SSSR count). The van der Waals surface area contributed by atoms with Gasteiger partial charge in [-0.2, -0.15) is 0 Å². The normalized spacial score (nSPS) is 15.0. The second-order valence-electron chi connectivity index (χ2n) is 9.30. The highest BCUT2D eigenvalue weighted by Gasteiger charge is 2.25. The van der Waals surface area contributed by atoms with E-state index in [1.54, 1.807) is 18.3 Å². The predicted molar refractivity (Wildman–Crippen MR) is 125 cm³/mol. The van der Waals surface area contributed by atoms with Gasteiger partial charge in [0.05, 0.1) is 6.42 Å². The molecule has 1 saturated heterocycles. The lowest BCUT2D eigenvalue weighted by Gasteiger charge is -2.32. The van der Waals surface area contributed by atoms with E-state index in [0.29, 0.717) is 18.0 Å². The SMILES string of the molecule is CC(C)(C)OC(=O)Nc1ccc(CC(=O)N2CCC(c3c[nH]c4ncccc34)CC2)cc1. The van der Waals surface area contributed by atoms with Crippen molar-refractivity contribution in [3.8, 4) is 0 Å². The Morgan fingerprint density at radius 2 is 1.88 bits per heavy atom. The van der Waals surface area contributed by atoms with Crippen molar-refractivity contribution in [2.45, 2.75) is 51.6 Å². The fourth-order valence-corrected chi connectivity index (χ4v) is 4.17. The largest absolute Gasteiger partial charge is 0.444 e. The van der Waals surface area contributed by atoms with E-state index >= 15 is 0 Å². The molecule has 2 N–H and O–H groups in total. The lowest BCUT2D eigenvalue weighted by molar-refractivity contribution is -0.131. The van der Waals surface area contributed by atoms with E-state index < -0.39 is 11.7 Å². The number of benzene rings is 1. The first-order valence-electron chi connectivity index (χ1n) is 11.1. The topological polar surface area (TPSA) is 87.3 Å². The van der Waals surface area contributed by atoms with Crippen LogP contribution in [0.5, 0.6) is 0 Å². The second kappa shape index (κ2) is 9.02. The third-order valence-corrected chi connectivity index (χ3v) is 5.73. The summed E-state index contributed by atoms with van der Waals surface area (Å²) in [7, 11) is 0. The number of amides is 2. The molecule has 32 heavy (non-hydrogen) atoms. The number of rotatable bonds is 4. The first kappa shape index (κ1) is 21.9. The molecule has 1 aliphatic heterocycles. The third-order valence-electron chi connectivity index (χ3n) is 5.73. The van der Waals surface area contributed by atoms with E-state index in [9.17, 15) is 9.59 Å². The smallest absolute Gasteiger partial charge is 0.412 e. The monoisotopic (exact) mass is 434 g/mol. The van der Waals surface area contributed by atoms with Crippen LogP contribution in [-0.2, 0) is 16.0 Å². The molecular weight excluding hydrogens is 404 g/mol. The zero-order chi connectivity index (χ0) is 22.7. The number of hydrogen-bond donors (Lipinski definition) is 2. The van der Waals surface area contributed by atoms with Crippen LogP contribution in [-0.4, -0.2) is 45.6 Å². The van der Waals surface area contributed by atoms with Crippen molar-refractivity contribution in [1.29, 1.82) is 0 Å². The van der Waals surface area contributed by atoms with Crippen molar-refractivity contribution in [3.63, 3.8) is 0 Å². The molecule has 2 amide bonds. The fraction of sp³-hybridized carbons (Fsp3) is 0.400. The Balaban J connectivity index is 1.29. The predicted octanol–water partition coefficient (Wildman–Crippen LogP) is 4.86. The Labute approximate surface area is 188 Å². The first-order valence-corrected chi connectivity index (χ1v) is 11.1. The van der Waals surface area contributed by atoms with Gasteiger partial charge < -0.3 is 14.6 Å². The lowest BCUT2D eigenvalue weighted by atomic mass is 9.89. The molecule has 0 bridgehead atoms. The van der Waals surface area contributed by atoms with Crippen molar-refractivity contribution < 1.29 is 14.3 Å². The number of fused-ring (bicyclic) bond motifs is 1. The summed E-state index contributed by atoms with van der Waals surface area (Å²) in [4.78, 5) is 34.3. The van der Waals surface area contributed by atoms with Crippen molar-refractivity contribution in [2.24, 2.45) is 0 Å². The number of pyridine rings is 1. The number of aromatic nitrogens is 2. The number of likely N-dealkylation sites (tertiary alicyclic amines) is 1. The Morgan fingerprint density at radius 1 is 1.16 bits per heavy atom. The Hall–Kier alpha value is -3.35. The molecular formula is C25H30N4O3. The highest BCUT2D eigenvalue weighted by atomic mass is 16.6. The van der Waals surface area contributed by atoms with E-state index in [4.69, 9.17) is 4.74 Å². The number of ether oxygens (including phenoxy) is 1. The minimum absolute atomic E-state index is 0.136. The minimum Gasteiger partial charge on any atom is -0.444 e. The molecule has 1 fully saturated rings. The number of hydrogen-bond acceptors (Lipinski definition) is 4. The van der Waals surface area contributed by atoms with Crippen LogP contribution in [0.1, 0.15) is 50.7 Å². The van der Waals surface area contributed by atoms with E-state index in [-0.39, 0.29) is 5.91 Å². The van der Waals surface area contributed by atoms with Gasteiger partial charge in [-0.05, 0) is 74.9 Å². The number of aromatic amines is 1. The second-order valence-corrected chi connectivity index (χ2v) is 9.30. The Bertz CT molecular complexity index is 1090. The van der Waals surface area contributed by atoms with Crippen LogP contribution in [0.25, 0.3) is 11.0 Å². The van der Waals surface area contributed by atoms with Gasteiger partial charge in [0.15, 0.2) is 0 Å². The summed E-state index contributed by atoms with van der Waals surface area (Å²) in [6.45, 7) is 6.98. The molecule has 1 aromatic carbocycles. The summed E-state index contributed by atoms with van der Waals surface area (Å²) in [5.41, 5.74) is 3.24. The fourth-order valence-electron chi connectivity index (χ4n) is 4.17. The maximum Gasteiger partial charge on any atom is 0.412 e. The van der Waals surface area contributed by atoms with Crippen LogP contribution in [0.3, 0.4) is 0 Å². The van der Waals surface area contributed by atoms with Crippen molar-refractivity contribution in [1.82, 2.24) is 14.9 Å². The van der Waals surface area contributed by atoms with Crippen LogP contribution in [0.15, 0.2) is 48.8 Å². The standard InChI is InChI=1S/C25H30N4O3/c1-25(2,3)32-24(31)28-19-8-6-17(7-9-19)15-22(30)29-13-10-18(11-14-29)21-16-27-23-20(21)5-4-12-26-23/h4-9,12,16,18H,10-11,13-15H2,1-3H3,(H,26,27)(H,28,31). The van der Waals surface area contributed by atoms with E-state index in [0.717, 1.165) is 37.1 Å². The van der Waals surface area contributed by atoms with Gasteiger partial charge in [0, 0.05) is 36.6 Å². The van der Waals surface area contributed by atoms with Gasteiger partial charge in [0.1, 0.15) is 11.2 Å². The minimum atomic E-state index is -0.547. The zero-order valence-corrected chi connectivity index (χ0v) is 18.9. The summed E-state index contributed by atoms with van der Waals surface area (Å²) >= 11 is 0. The molecule has 0 unspecified atom stereocenters. The number of carbonyl (C=O) groups excluding carboxylic acids is 2. The summed E-state index contributed by atoms with van der Waals surface area (Å²) in [5.74, 6) is 0.576. The first-order chi connectivity index (χ1) is 15.3. The Kier molecular flexibility index (Phi) is 6.17. The summed E-state index contributed by atoms with van der Waals surface area (Å²) in [6.07, 6.45) is 5.62. The Morgan fingerprint density at radius 3 is 2.56 bits per heavy atom. The van der Waals surface area contributed by atoms with Crippen molar-refractivity contribution >= 4 is 28.7 Å². The average Bonchev–Trinajstić information content (AvgIpc) is 3.18. The summed E-state index contributed by atoms with van der Waals surface area (Å²) in [5, 5.41) is 3.89. The molecule has 1 aliphatic rings. The highest BCUT2D eigenvalue weighted by Crippen LogP contribution is 2.32. The third kappa shape index (κ3) is 5.28. The maximum absolute atomic E-state index is 12.8. The highest BCUT2D eigenvalue weighted by molar-refractivity contribution is 5.85. The molecule has 0 aliphatic carbocycles. The summed E-state index contributed by atoms with van der Waals surface area (Å²) in [6, 6.07) is 11.4. The number of nitrogens with zero attached hydrogens (tertiary/aromatic N) is 2. The molecule has 3 heterocycles. The van der Waals surface area contributed by atoms with Gasteiger partial charge in [-0.3, -0.25) is 10.1 Å². The van der Waals surface area contributed by atoms with Gasteiger partial charge in [-0.25, -0.2) is 9.78 Å². The van der Waals surface area contributed by atoms with Gasteiger partial charge in [0.25, 0.3) is 0 Å². The van der Waals surface area contributed by atoms with Crippen LogP contribution < -0.4 is 5.32 Å². The maximum atomic E-state index is 12.8. The quantitative estimate of drug-likeness (QED) is 0.614.